The van der Waals surface area contributed by atoms with Crippen molar-refractivity contribution < 1.29 is 19.4 Å². The lowest BCUT2D eigenvalue weighted by atomic mass is 10.1. The Balaban J connectivity index is 1.85. The molecule has 6 nitrogen and oxygen atoms in total. The molecule has 1 aromatic rings. The number of nitrogens with zero attached hydrogens (tertiary/aromatic N) is 2. The van der Waals surface area contributed by atoms with Crippen molar-refractivity contribution in [2.75, 3.05) is 13.1 Å². The molecule has 1 N–H and O–H groups in total. The predicted octanol–water partition coefficient (Wildman–Crippen LogP) is 2.91. The van der Waals surface area contributed by atoms with Gasteiger partial charge in [0.25, 0.3) is 0 Å². The topological polar surface area (TPSA) is 71.9 Å². The normalized spacial score (nSPS) is 17.7. The summed E-state index contributed by atoms with van der Waals surface area (Å²) in [5, 5.41) is 9.57. The van der Waals surface area contributed by atoms with E-state index < -0.39 is 11.7 Å². The molecule has 0 bridgehead atoms. The lowest BCUT2D eigenvalue weighted by Gasteiger charge is -2.33. The van der Waals surface area contributed by atoms with E-state index in [1.807, 2.05) is 20.8 Å². The largest absolute Gasteiger partial charge is 0.490 e. The molecule has 1 saturated heterocycles. The molecule has 1 fully saturated rings. The van der Waals surface area contributed by atoms with Gasteiger partial charge in [-0.15, -0.1) is 0 Å². The number of hydrogen-bond donors (Lipinski definition) is 1. The van der Waals surface area contributed by atoms with Gasteiger partial charge in [-0.1, -0.05) is 0 Å². The summed E-state index contributed by atoms with van der Waals surface area (Å²) < 4.78 is 11.3. The Labute approximate surface area is 137 Å². The van der Waals surface area contributed by atoms with E-state index in [1.54, 1.807) is 30.2 Å². The van der Waals surface area contributed by atoms with Crippen LogP contribution in [0.5, 0.6) is 5.75 Å². The van der Waals surface area contributed by atoms with Crippen LogP contribution < -0.4 is 4.74 Å². The van der Waals surface area contributed by atoms with E-state index in [9.17, 15) is 9.90 Å². The first-order valence-electron chi connectivity index (χ1n) is 8.03. The number of carbonyl (C=O) groups excluding carboxylic acids is 1. The first-order chi connectivity index (χ1) is 10.7. The maximum absolute atomic E-state index is 12.0. The summed E-state index contributed by atoms with van der Waals surface area (Å²) in [6.45, 7) is 8.51. The SMILES string of the molecule is C[C@H](O)c1cc(OC2CCN(C(=O)OC(C)(C)C)CC2)ccn1. The lowest BCUT2D eigenvalue weighted by molar-refractivity contribution is 0.0126. The van der Waals surface area contributed by atoms with Gasteiger partial charge in [0, 0.05) is 38.2 Å². The zero-order chi connectivity index (χ0) is 17.0. The summed E-state index contributed by atoms with van der Waals surface area (Å²) in [6, 6.07) is 3.54. The Bertz CT molecular complexity index is 532. The first-order valence-corrected chi connectivity index (χ1v) is 8.03. The van der Waals surface area contributed by atoms with Crippen molar-refractivity contribution >= 4 is 6.09 Å². The molecule has 2 heterocycles. The molecule has 0 aromatic carbocycles. The summed E-state index contributed by atoms with van der Waals surface area (Å²) in [5.74, 6) is 0.701. The average molecular weight is 322 g/mol. The van der Waals surface area contributed by atoms with Crippen molar-refractivity contribution in [1.29, 1.82) is 0 Å². The van der Waals surface area contributed by atoms with Crippen molar-refractivity contribution in [3.05, 3.63) is 24.0 Å². The maximum Gasteiger partial charge on any atom is 0.410 e. The van der Waals surface area contributed by atoms with Gasteiger partial charge in [-0.3, -0.25) is 4.98 Å². The van der Waals surface area contributed by atoms with Gasteiger partial charge in [0.1, 0.15) is 17.5 Å². The summed E-state index contributed by atoms with van der Waals surface area (Å²) in [5.41, 5.74) is 0.118. The Hall–Kier alpha value is -1.82. The number of amides is 1. The van der Waals surface area contributed by atoms with Crippen LogP contribution in [0.15, 0.2) is 18.3 Å². The van der Waals surface area contributed by atoms with Crippen molar-refractivity contribution in [1.82, 2.24) is 9.88 Å². The van der Waals surface area contributed by atoms with Crippen molar-refractivity contribution in [2.45, 2.75) is 58.3 Å². The summed E-state index contributed by atoms with van der Waals surface area (Å²) >= 11 is 0. The monoisotopic (exact) mass is 322 g/mol. The van der Waals surface area contributed by atoms with E-state index in [-0.39, 0.29) is 12.2 Å². The lowest BCUT2D eigenvalue weighted by Crippen LogP contribution is -2.44. The van der Waals surface area contributed by atoms with Gasteiger partial charge in [0.05, 0.1) is 11.8 Å². The molecule has 0 spiro atoms. The van der Waals surface area contributed by atoms with Crippen LogP contribution in [0.3, 0.4) is 0 Å². The van der Waals surface area contributed by atoms with E-state index in [0.29, 0.717) is 24.5 Å². The van der Waals surface area contributed by atoms with Crippen molar-refractivity contribution in [2.24, 2.45) is 0 Å². The van der Waals surface area contributed by atoms with E-state index in [0.717, 1.165) is 12.8 Å². The van der Waals surface area contributed by atoms with Gasteiger partial charge in [0.2, 0.25) is 0 Å². The van der Waals surface area contributed by atoms with Crippen LogP contribution >= 0.6 is 0 Å². The van der Waals surface area contributed by atoms with Gasteiger partial charge >= 0.3 is 6.09 Å². The second-order valence-electron chi connectivity index (χ2n) is 6.88. The highest BCUT2D eigenvalue weighted by atomic mass is 16.6. The smallest absolute Gasteiger partial charge is 0.410 e. The number of rotatable bonds is 3. The zero-order valence-electron chi connectivity index (χ0n) is 14.3. The summed E-state index contributed by atoms with van der Waals surface area (Å²) in [4.78, 5) is 17.8. The van der Waals surface area contributed by atoms with Crippen LogP contribution in [0.2, 0.25) is 0 Å². The zero-order valence-corrected chi connectivity index (χ0v) is 14.3. The third-order valence-electron chi connectivity index (χ3n) is 3.58. The molecule has 23 heavy (non-hydrogen) atoms. The molecule has 1 aliphatic heterocycles. The molecule has 1 amide bonds. The van der Waals surface area contributed by atoms with Crippen LogP contribution in [0, 0.1) is 0 Å². The minimum atomic E-state index is -0.618. The van der Waals surface area contributed by atoms with Gasteiger partial charge in [-0.2, -0.15) is 0 Å². The van der Waals surface area contributed by atoms with Crippen LogP contribution in [0.4, 0.5) is 4.79 Å². The second kappa shape index (κ2) is 7.17. The van der Waals surface area contributed by atoms with Gasteiger partial charge in [-0.05, 0) is 33.8 Å². The van der Waals surface area contributed by atoms with E-state index in [1.165, 1.54) is 0 Å². The molecule has 0 saturated carbocycles. The number of hydrogen-bond acceptors (Lipinski definition) is 5. The number of carbonyl (C=O) groups is 1. The maximum atomic E-state index is 12.0. The number of ether oxygens (including phenoxy) is 2. The standard InChI is InChI=1S/C17H26N2O4/c1-12(20)15-11-14(5-8-18-15)22-13-6-9-19(10-7-13)16(21)23-17(2,3)4/h5,8,11-13,20H,6-7,9-10H2,1-4H3/t12-/m0/s1. The third-order valence-corrected chi connectivity index (χ3v) is 3.58. The van der Waals surface area contributed by atoms with Gasteiger partial charge in [-0.25, -0.2) is 4.79 Å². The molecule has 6 heteroatoms. The molecule has 1 atom stereocenters. The van der Waals surface area contributed by atoms with E-state index in [4.69, 9.17) is 9.47 Å². The predicted molar refractivity (Wildman–Crippen MR) is 86.3 cm³/mol. The summed E-state index contributed by atoms with van der Waals surface area (Å²) in [7, 11) is 0. The minimum Gasteiger partial charge on any atom is -0.490 e. The summed E-state index contributed by atoms with van der Waals surface area (Å²) in [6.07, 6.45) is 2.31. The molecule has 128 valence electrons. The van der Waals surface area contributed by atoms with Crippen LogP contribution in [-0.4, -0.2) is 45.9 Å². The third kappa shape index (κ3) is 5.39. The molecule has 0 unspecified atom stereocenters. The van der Waals surface area contributed by atoms with Crippen LogP contribution in [0.1, 0.15) is 52.3 Å². The molecule has 1 aromatic heterocycles. The highest BCUT2D eigenvalue weighted by Gasteiger charge is 2.27. The van der Waals surface area contributed by atoms with Crippen molar-refractivity contribution in [3.8, 4) is 5.75 Å². The Morgan fingerprint density at radius 1 is 1.39 bits per heavy atom. The molecule has 0 aliphatic carbocycles. The van der Waals surface area contributed by atoms with E-state index in [2.05, 4.69) is 4.98 Å². The number of pyridine rings is 1. The fourth-order valence-corrected chi connectivity index (χ4v) is 2.40. The quantitative estimate of drug-likeness (QED) is 0.926. The highest BCUT2D eigenvalue weighted by Crippen LogP contribution is 2.22. The fourth-order valence-electron chi connectivity index (χ4n) is 2.40. The Morgan fingerprint density at radius 3 is 2.61 bits per heavy atom. The first kappa shape index (κ1) is 17.5. The molecular formula is C17H26N2O4. The Kier molecular flexibility index (Phi) is 5.46. The highest BCUT2D eigenvalue weighted by molar-refractivity contribution is 5.68. The molecule has 1 aliphatic rings. The second-order valence-corrected chi connectivity index (χ2v) is 6.88. The molecule has 2 rings (SSSR count). The van der Waals surface area contributed by atoms with Crippen molar-refractivity contribution in [3.63, 3.8) is 0 Å². The average Bonchev–Trinajstić information content (AvgIpc) is 2.46. The minimum absolute atomic E-state index is 0.0536. The number of aromatic nitrogens is 1. The van der Waals surface area contributed by atoms with Crippen LogP contribution in [-0.2, 0) is 4.74 Å². The number of likely N-dealkylation sites (tertiary alicyclic amines) is 1. The van der Waals surface area contributed by atoms with Crippen LogP contribution in [0.25, 0.3) is 0 Å². The fraction of sp³-hybridized carbons (Fsp3) is 0.647. The number of piperidine rings is 1. The van der Waals surface area contributed by atoms with E-state index >= 15 is 0 Å². The molecular weight excluding hydrogens is 296 g/mol. The number of aliphatic hydroxyl groups is 1. The number of aliphatic hydroxyl groups excluding tert-OH is 1. The Morgan fingerprint density at radius 2 is 2.04 bits per heavy atom. The molecule has 0 radical (unpaired) electrons. The van der Waals surface area contributed by atoms with Gasteiger partial charge in [0.15, 0.2) is 0 Å². The van der Waals surface area contributed by atoms with Gasteiger partial charge < -0.3 is 19.5 Å².